The Kier molecular flexibility index (Phi) is 3.15. The van der Waals surface area contributed by atoms with Gasteiger partial charge in [0.1, 0.15) is 5.01 Å². The highest BCUT2D eigenvalue weighted by Gasteiger charge is 2.09. The highest BCUT2D eigenvalue weighted by molar-refractivity contribution is 7.98. The molecular weight excluding hydrogens is 242 g/mol. The molecule has 16 heavy (non-hydrogen) atoms. The number of thiazole rings is 1. The van der Waals surface area contributed by atoms with Crippen molar-refractivity contribution in [1.82, 2.24) is 19.7 Å². The molecule has 0 aliphatic carbocycles. The predicted molar refractivity (Wildman–Crippen MR) is 66.6 cm³/mol. The van der Waals surface area contributed by atoms with Crippen molar-refractivity contribution in [3.8, 4) is 0 Å². The highest BCUT2D eigenvalue weighted by Crippen LogP contribution is 2.25. The number of thioether (sulfide) groups is 1. The van der Waals surface area contributed by atoms with Crippen LogP contribution in [0.2, 0.25) is 0 Å². The van der Waals surface area contributed by atoms with E-state index in [0.717, 1.165) is 21.6 Å². The molecule has 0 aromatic carbocycles. The second-order valence-corrected chi connectivity index (χ2v) is 5.67. The van der Waals surface area contributed by atoms with Crippen LogP contribution in [0.1, 0.15) is 15.6 Å². The molecule has 2 heterocycles. The van der Waals surface area contributed by atoms with E-state index < -0.39 is 0 Å². The summed E-state index contributed by atoms with van der Waals surface area (Å²) in [4.78, 5) is 5.74. The molecule has 7 heteroatoms. The zero-order valence-electron chi connectivity index (χ0n) is 9.39. The van der Waals surface area contributed by atoms with Crippen LogP contribution in [0, 0.1) is 13.8 Å². The summed E-state index contributed by atoms with van der Waals surface area (Å²) in [5.74, 6) is 1.25. The topological polar surface area (TPSA) is 69.6 Å². The summed E-state index contributed by atoms with van der Waals surface area (Å²) in [6.45, 7) is 4.11. The van der Waals surface area contributed by atoms with Crippen molar-refractivity contribution in [3.63, 3.8) is 0 Å². The van der Waals surface area contributed by atoms with Gasteiger partial charge in [-0.2, -0.15) is 0 Å². The number of nitrogen functional groups attached to an aromatic ring is 1. The summed E-state index contributed by atoms with van der Waals surface area (Å²) >= 11 is 3.33. The third kappa shape index (κ3) is 2.19. The summed E-state index contributed by atoms with van der Waals surface area (Å²) < 4.78 is 1.78. The Morgan fingerprint density at radius 1 is 1.38 bits per heavy atom. The zero-order chi connectivity index (χ0) is 11.7. The molecule has 0 atom stereocenters. The van der Waals surface area contributed by atoms with Gasteiger partial charge < -0.3 is 5.73 Å². The van der Waals surface area contributed by atoms with Crippen molar-refractivity contribution in [2.45, 2.75) is 24.8 Å². The molecule has 0 fully saturated rings. The van der Waals surface area contributed by atoms with Crippen LogP contribution in [-0.2, 0) is 12.8 Å². The molecular formula is C9H13N5S2. The fourth-order valence-corrected chi connectivity index (χ4v) is 3.02. The van der Waals surface area contributed by atoms with Crippen molar-refractivity contribution >= 4 is 29.0 Å². The maximum absolute atomic E-state index is 5.60. The lowest BCUT2D eigenvalue weighted by atomic mass is 10.4. The summed E-state index contributed by atoms with van der Waals surface area (Å²) in [6.07, 6.45) is 0. The van der Waals surface area contributed by atoms with Gasteiger partial charge in [-0.05, 0) is 13.8 Å². The number of hydrogen-bond donors (Lipinski definition) is 1. The van der Waals surface area contributed by atoms with Crippen molar-refractivity contribution in [1.29, 1.82) is 0 Å². The molecule has 0 radical (unpaired) electrons. The van der Waals surface area contributed by atoms with Crippen LogP contribution >= 0.6 is 23.1 Å². The van der Waals surface area contributed by atoms with Crippen molar-refractivity contribution in [3.05, 3.63) is 15.6 Å². The number of rotatable bonds is 3. The standard InChI is InChI=1S/C9H13N5S2/c1-5-6(2)16-7(11-5)4-15-9-13-12-8(10)14(9)3/h4H2,1-3H3,(H2,10,12). The molecule has 0 saturated carbocycles. The minimum Gasteiger partial charge on any atom is -0.368 e. The Bertz CT molecular complexity index is 482. The predicted octanol–water partition coefficient (Wildman–Crippen LogP) is 1.76. The van der Waals surface area contributed by atoms with E-state index in [0.29, 0.717) is 5.95 Å². The van der Waals surface area contributed by atoms with Crippen LogP contribution in [0.15, 0.2) is 5.16 Å². The lowest BCUT2D eigenvalue weighted by Crippen LogP contribution is -1.98. The molecule has 0 aliphatic heterocycles. The van der Waals surface area contributed by atoms with Gasteiger partial charge in [-0.1, -0.05) is 11.8 Å². The molecule has 0 saturated heterocycles. The molecule has 0 amide bonds. The quantitative estimate of drug-likeness (QED) is 0.846. The van der Waals surface area contributed by atoms with Gasteiger partial charge >= 0.3 is 0 Å². The first-order valence-electron chi connectivity index (χ1n) is 4.78. The van der Waals surface area contributed by atoms with E-state index >= 15 is 0 Å². The first kappa shape index (κ1) is 11.4. The molecule has 2 aromatic rings. The Labute approximate surface area is 102 Å². The molecule has 0 aliphatic rings. The Hall–Kier alpha value is -1.08. The first-order valence-corrected chi connectivity index (χ1v) is 6.58. The second kappa shape index (κ2) is 4.42. The van der Waals surface area contributed by atoms with Gasteiger partial charge in [0.2, 0.25) is 5.95 Å². The van der Waals surface area contributed by atoms with E-state index in [1.54, 1.807) is 27.7 Å². The molecule has 0 bridgehead atoms. The molecule has 2 aromatic heterocycles. The van der Waals surface area contributed by atoms with Crippen LogP contribution < -0.4 is 5.73 Å². The number of aromatic nitrogens is 4. The third-order valence-electron chi connectivity index (χ3n) is 2.27. The normalized spacial score (nSPS) is 10.9. The van der Waals surface area contributed by atoms with Crippen molar-refractivity contribution in [2.24, 2.45) is 7.05 Å². The molecule has 0 spiro atoms. The minimum atomic E-state index is 0.439. The molecule has 2 N–H and O–H groups in total. The smallest absolute Gasteiger partial charge is 0.222 e. The molecule has 2 rings (SSSR count). The van der Waals surface area contributed by atoms with Crippen molar-refractivity contribution < 1.29 is 0 Å². The first-order chi connectivity index (χ1) is 7.58. The Morgan fingerprint density at radius 3 is 2.62 bits per heavy atom. The van der Waals surface area contributed by atoms with Gasteiger partial charge in [0, 0.05) is 11.9 Å². The van der Waals surface area contributed by atoms with E-state index in [4.69, 9.17) is 5.73 Å². The van der Waals surface area contributed by atoms with Gasteiger partial charge in [0.05, 0.1) is 11.4 Å². The number of aryl methyl sites for hydroxylation is 2. The van der Waals surface area contributed by atoms with Gasteiger partial charge in [-0.25, -0.2) is 4.98 Å². The molecule has 86 valence electrons. The highest BCUT2D eigenvalue weighted by atomic mass is 32.2. The number of nitrogens with two attached hydrogens (primary N) is 1. The van der Waals surface area contributed by atoms with Crippen LogP contribution in [0.25, 0.3) is 0 Å². The monoisotopic (exact) mass is 255 g/mol. The summed E-state index contributed by atoms with van der Waals surface area (Å²) in [7, 11) is 1.86. The molecule has 5 nitrogen and oxygen atoms in total. The SMILES string of the molecule is Cc1nc(CSc2nnc(N)n2C)sc1C. The largest absolute Gasteiger partial charge is 0.368 e. The van der Waals surface area contributed by atoms with E-state index in [1.165, 1.54) is 4.88 Å². The number of nitrogens with zero attached hydrogens (tertiary/aromatic N) is 4. The van der Waals surface area contributed by atoms with Gasteiger partial charge in [0.15, 0.2) is 5.16 Å². The van der Waals surface area contributed by atoms with E-state index in [9.17, 15) is 0 Å². The average Bonchev–Trinajstić information content (AvgIpc) is 2.72. The lowest BCUT2D eigenvalue weighted by molar-refractivity contribution is 0.795. The lowest BCUT2D eigenvalue weighted by Gasteiger charge is -1.98. The van der Waals surface area contributed by atoms with Crippen LogP contribution in [0.4, 0.5) is 5.95 Å². The Morgan fingerprint density at radius 2 is 2.12 bits per heavy atom. The second-order valence-electron chi connectivity index (χ2n) is 3.44. The fraction of sp³-hybridized carbons (Fsp3) is 0.444. The van der Waals surface area contributed by atoms with Crippen LogP contribution in [0.5, 0.6) is 0 Å². The van der Waals surface area contributed by atoms with Gasteiger partial charge in [-0.3, -0.25) is 4.57 Å². The van der Waals surface area contributed by atoms with E-state index in [1.807, 2.05) is 14.0 Å². The van der Waals surface area contributed by atoms with Crippen molar-refractivity contribution in [2.75, 3.05) is 5.73 Å². The van der Waals surface area contributed by atoms with E-state index in [-0.39, 0.29) is 0 Å². The molecule has 0 unspecified atom stereocenters. The summed E-state index contributed by atoms with van der Waals surface area (Å²) in [5, 5.41) is 9.73. The van der Waals surface area contributed by atoms with Crippen LogP contribution in [-0.4, -0.2) is 19.7 Å². The fourth-order valence-electron chi connectivity index (χ4n) is 1.18. The number of hydrogen-bond acceptors (Lipinski definition) is 6. The maximum Gasteiger partial charge on any atom is 0.222 e. The average molecular weight is 255 g/mol. The maximum atomic E-state index is 5.60. The van der Waals surface area contributed by atoms with Crippen LogP contribution in [0.3, 0.4) is 0 Å². The summed E-state index contributed by atoms with van der Waals surface area (Å²) in [6, 6.07) is 0. The zero-order valence-corrected chi connectivity index (χ0v) is 11.0. The minimum absolute atomic E-state index is 0.439. The van der Waals surface area contributed by atoms with E-state index in [2.05, 4.69) is 22.1 Å². The number of anilines is 1. The van der Waals surface area contributed by atoms with Gasteiger partial charge in [-0.15, -0.1) is 21.5 Å². The third-order valence-corrected chi connectivity index (χ3v) is 4.55. The Balaban J connectivity index is 2.05. The van der Waals surface area contributed by atoms with Gasteiger partial charge in [0.25, 0.3) is 0 Å². The summed E-state index contributed by atoms with van der Waals surface area (Å²) in [5.41, 5.74) is 6.71.